The van der Waals surface area contributed by atoms with Crippen molar-refractivity contribution in [2.45, 2.75) is 39.7 Å². The van der Waals surface area contributed by atoms with Crippen LogP contribution in [0.4, 0.5) is 4.79 Å². The summed E-state index contributed by atoms with van der Waals surface area (Å²) in [6.07, 6.45) is 4.97. The van der Waals surface area contributed by atoms with Crippen molar-refractivity contribution in [3.8, 4) is 16.3 Å². The number of likely N-dealkylation sites (tertiary alicyclic amines) is 1. The molecule has 2 amide bonds. The molecule has 8 nitrogen and oxygen atoms in total. The van der Waals surface area contributed by atoms with Gasteiger partial charge in [-0.2, -0.15) is 0 Å². The average molecular weight is 536 g/mol. The number of rotatable bonds is 5. The second kappa shape index (κ2) is 9.57. The summed E-state index contributed by atoms with van der Waals surface area (Å²) >= 11 is 3.03. The molecule has 1 aromatic carbocycles. The van der Waals surface area contributed by atoms with Crippen molar-refractivity contribution in [3.63, 3.8) is 0 Å². The van der Waals surface area contributed by atoms with E-state index in [1.54, 1.807) is 21.9 Å². The summed E-state index contributed by atoms with van der Waals surface area (Å²) in [5.41, 5.74) is 2.67. The quantitative estimate of drug-likeness (QED) is 0.369. The second-order valence-corrected chi connectivity index (χ2v) is 12.3. The van der Waals surface area contributed by atoms with Crippen molar-refractivity contribution < 1.29 is 14.3 Å². The number of aromatic nitrogens is 3. The lowest BCUT2D eigenvalue weighted by Crippen LogP contribution is -2.46. The largest absolute Gasteiger partial charge is 0.414 e. The predicted octanol–water partition coefficient (Wildman–Crippen LogP) is 5.41. The Morgan fingerprint density at radius 3 is 2.95 bits per heavy atom. The average Bonchev–Trinajstić information content (AvgIpc) is 3.66. The van der Waals surface area contributed by atoms with E-state index < -0.39 is 6.09 Å². The van der Waals surface area contributed by atoms with Crippen LogP contribution in [0, 0.1) is 31.6 Å². The van der Waals surface area contributed by atoms with E-state index in [9.17, 15) is 9.59 Å². The number of aryl methyl sites for hydroxylation is 2. The minimum absolute atomic E-state index is 0.0566. The van der Waals surface area contributed by atoms with Crippen LogP contribution in [-0.2, 0) is 0 Å². The van der Waals surface area contributed by atoms with E-state index in [1.165, 1.54) is 11.3 Å². The van der Waals surface area contributed by atoms with Crippen LogP contribution in [0.3, 0.4) is 0 Å². The zero-order valence-electron chi connectivity index (χ0n) is 21.0. The molecule has 6 rings (SSSR count). The summed E-state index contributed by atoms with van der Waals surface area (Å²) in [4.78, 5) is 39.3. The molecule has 0 bridgehead atoms. The zero-order valence-corrected chi connectivity index (χ0v) is 22.6. The number of carbonyl (C=O) groups is 2. The van der Waals surface area contributed by atoms with Crippen molar-refractivity contribution in [1.29, 1.82) is 0 Å². The van der Waals surface area contributed by atoms with Gasteiger partial charge in [0, 0.05) is 24.7 Å². The number of fused-ring (bicyclic) bond motifs is 2. The first-order valence-corrected chi connectivity index (χ1v) is 14.3. The number of hydrogen-bond acceptors (Lipinski definition) is 7. The molecule has 37 heavy (non-hydrogen) atoms. The Morgan fingerprint density at radius 2 is 2.11 bits per heavy atom. The SMILES string of the molecule is Cc1cccc(-c2sc(C)nc2C(=O)N2C[C@@H]3CC(C)C[C@@H]3[C@H]2CNC(=O)Oc2cnc3sccn23)c1. The molecule has 2 aliphatic rings. The van der Waals surface area contributed by atoms with Gasteiger partial charge in [0.05, 0.1) is 22.1 Å². The molecule has 1 aliphatic carbocycles. The first-order chi connectivity index (χ1) is 17.9. The van der Waals surface area contributed by atoms with E-state index in [4.69, 9.17) is 4.74 Å². The third kappa shape index (κ3) is 4.53. The number of ether oxygens (including phenoxy) is 1. The third-order valence-electron chi connectivity index (χ3n) is 7.55. The lowest BCUT2D eigenvalue weighted by atomic mass is 9.93. The van der Waals surface area contributed by atoms with Gasteiger partial charge in [-0.25, -0.2) is 14.8 Å². The number of amides is 2. The number of nitrogens with zero attached hydrogens (tertiary/aromatic N) is 4. The highest BCUT2D eigenvalue weighted by atomic mass is 32.1. The summed E-state index contributed by atoms with van der Waals surface area (Å²) in [6.45, 7) is 7.30. The molecule has 1 saturated carbocycles. The standard InChI is InChI=1S/C27H29N5O3S2/c1-15-5-4-6-18(9-15)24-23(30-17(3)37-24)25(33)32-14-19-10-16(2)11-20(19)21(32)12-29-27(34)35-22-13-28-26-31(22)7-8-36-26/h4-9,13,16,19-21H,10-12,14H2,1-3H3,(H,29,34)/t16?,19-,20-,21+/m0/s1. The van der Waals surface area contributed by atoms with Gasteiger partial charge >= 0.3 is 6.09 Å². The van der Waals surface area contributed by atoms with Crippen molar-refractivity contribution in [1.82, 2.24) is 24.6 Å². The first-order valence-electron chi connectivity index (χ1n) is 12.6. The predicted molar refractivity (Wildman–Crippen MR) is 144 cm³/mol. The van der Waals surface area contributed by atoms with Crippen LogP contribution in [0.2, 0.25) is 0 Å². The Kier molecular flexibility index (Phi) is 6.24. The maximum atomic E-state index is 14.0. The van der Waals surface area contributed by atoms with E-state index in [-0.39, 0.29) is 11.9 Å². The highest BCUT2D eigenvalue weighted by molar-refractivity contribution is 7.15. The third-order valence-corrected chi connectivity index (χ3v) is 9.34. The van der Waals surface area contributed by atoms with Gasteiger partial charge in [0.15, 0.2) is 4.96 Å². The molecule has 192 valence electrons. The van der Waals surface area contributed by atoms with Crippen LogP contribution < -0.4 is 10.1 Å². The van der Waals surface area contributed by atoms with Crippen LogP contribution in [0.15, 0.2) is 42.0 Å². The van der Waals surface area contributed by atoms with Crippen LogP contribution >= 0.6 is 22.7 Å². The van der Waals surface area contributed by atoms with Gasteiger partial charge in [-0.05, 0) is 50.0 Å². The molecular weight excluding hydrogens is 506 g/mol. The molecule has 4 heterocycles. The van der Waals surface area contributed by atoms with Crippen LogP contribution in [0.5, 0.6) is 5.88 Å². The molecule has 1 aliphatic heterocycles. The highest BCUT2D eigenvalue weighted by Crippen LogP contribution is 2.46. The number of nitrogens with one attached hydrogen (secondary N) is 1. The fourth-order valence-corrected chi connectivity index (χ4v) is 7.62. The summed E-state index contributed by atoms with van der Waals surface area (Å²) in [5.74, 6) is 1.72. The number of imidazole rings is 1. The smallest absolute Gasteiger partial charge is 0.391 e. The van der Waals surface area contributed by atoms with E-state index >= 15 is 0 Å². The minimum Gasteiger partial charge on any atom is -0.391 e. The Labute approximate surface area is 223 Å². The van der Waals surface area contributed by atoms with Crippen molar-refractivity contribution >= 4 is 39.6 Å². The topological polar surface area (TPSA) is 88.8 Å². The van der Waals surface area contributed by atoms with E-state index in [2.05, 4.69) is 41.3 Å². The summed E-state index contributed by atoms with van der Waals surface area (Å²) < 4.78 is 7.27. The maximum Gasteiger partial charge on any atom is 0.414 e. The first kappa shape index (κ1) is 24.1. The van der Waals surface area contributed by atoms with Crippen molar-refractivity contribution in [3.05, 3.63) is 58.3 Å². The molecule has 2 fully saturated rings. The van der Waals surface area contributed by atoms with Gasteiger partial charge in [-0.1, -0.05) is 36.8 Å². The molecule has 10 heteroatoms. The van der Waals surface area contributed by atoms with Crippen molar-refractivity contribution in [2.75, 3.05) is 13.1 Å². The Morgan fingerprint density at radius 1 is 1.24 bits per heavy atom. The van der Waals surface area contributed by atoms with Gasteiger partial charge < -0.3 is 15.0 Å². The Hall–Kier alpha value is -3.24. The number of benzene rings is 1. The molecule has 3 aromatic heterocycles. The maximum absolute atomic E-state index is 14.0. The van der Waals surface area contributed by atoms with Gasteiger partial charge in [0.25, 0.3) is 5.91 Å². The van der Waals surface area contributed by atoms with Gasteiger partial charge in [0.1, 0.15) is 5.69 Å². The number of carbonyl (C=O) groups excluding carboxylic acids is 2. The highest BCUT2D eigenvalue weighted by Gasteiger charge is 2.48. The second-order valence-electron chi connectivity index (χ2n) is 10.2. The number of thiazole rings is 2. The normalized spacial score (nSPS) is 22.9. The van der Waals surface area contributed by atoms with Crippen molar-refractivity contribution in [2.24, 2.45) is 17.8 Å². The van der Waals surface area contributed by atoms with Crippen LogP contribution in [0.1, 0.15) is 40.8 Å². The lowest BCUT2D eigenvalue weighted by Gasteiger charge is -2.28. The Bertz CT molecular complexity index is 1470. The van der Waals surface area contributed by atoms with Crippen LogP contribution in [-0.4, -0.2) is 50.4 Å². The summed E-state index contributed by atoms with van der Waals surface area (Å²) in [7, 11) is 0. The van der Waals surface area contributed by atoms with Gasteiger partial charge in [-0.3, -0.25) is 9.20 Å². The molecule has 0 spiro atoms. The molecule has 0 radical (unpaired) electrons. The minimum atomic E-state index is -0.542. The van der Waals surface area contributed by atoms with Gasteiger partial charge in [-0.15, -0.1) is 22.7 Å². The molecule has 1 unspecified atom stereocenters. The fourth-order valence-electron chi connectivity index (χ4n) is 6.03. The van der Waals surface area contributed by atoms with E-state index in [0.717, 1.165) is 38.8 Å². The monoisotopic (exact) mass is 535 g/mol. The molecule has 4 atom stereocenters. The lowest BCUT2D eigenvalue weighted by molar-refractivity contribution is 0.0702. The van der Waals surface area contributed by atoms with E-state index in [0.29, 0.717) is 42.4 Å². The fraction of sp³-hybridized carbons (Fsp3) is 0.407. The Balaban J connectivity index is 1.23. The summed E-state index contributed by atoms with van der Waals surface area (Å²) in [6, 6.07) is 8.09. The molecule has 4 aromatic rings. The molecular formula is C27H29N5O3S2. The van der Waals surface area contributed by atoms with Gasteiger partial charge in [0.2, 0.25) is 5.88 Å². The van der Waals surface area contributed by atoms with Crippen LogP contribution in [0.25, 0.3) is 15.4 Å². The summed E-state index contributed by atoms with van der Waals surface area (Å²) in [5, 5.41) is 5.69. The van der Waals surface area contributed by atoms with E-state index in [1.807, 2.05) is 35.5 Å². The zero-order chi connectivity index (χ0) is 25.7. The molecule has 1 N–H and O–H groups in total. The molecule has 1 saturated heterocycles. The number of hydrogen-bond donors (Lipinski definition) is 1.